The van der Waals surface area contributed by atoms with Crippen LogP contribution in [0.25, 0.3) is 0 Å². The van der Waals surface area contributed by atoms with E-state index >= 15 is 0 Å². The van der Waals surface area contributed by atoms with Crippen LogP contribution in [0, 0.1) is 0 Å². The number of ether oxygens (including phenoxy) is 2. The van der Waals surface area contributed by atoms with Gasteiger partial charge in [-0.1, -0.05) is 11.6 Å². The Morgan fingerprint density at radius 2 is 1.96 bits per heavy atom. The highest BCUT2D eigenvalue weighted by molar-refractivity contribution is 5.94. The zero-order valence-corrected chi connectivity index (χ0v) is 15.9. The predicted molar refractivity (Wildman–Crippen MR) is 108 cm³/mol. The zero-order valence-electron chi connectivity index (χ0n) is 15.9. The summed E-state index contributed by atoms with van der Waals surface area (Å²) >= 11 is 0. The van der Waals surface area contributed by atoms with Crippen molar-refractivity contribution >= 4 is 17.4 Å². The van der Waals surface area contributed by atoms with E-state index in [0.717, 1.165) is 24.3 Å². The average molecular weight is 379 g/mol. The Labute approximate surface area is 165 Å². The molecule has 6 heteroatoms. The molecule has 0 atom stereocenters. The molecule has 146 valence electrons. The summed E-state index contributed by atoms with van der Waals surface area (Å²) in [6.45, 7) is 1.77. The minimum Gasteiger partial charge on any atom is -0.486 e. The zero-order chi connectivity index (χ0) is 19.2. The van der Waals surface area contributed by atoms with Crippen molar-refractivity contribution in [3.05, 3.63) is 53.7 Å². The number of fused-ring (bicyclic) bond motifs is 1. The Morgan fingerprint density at radius 1 is 1.07 bits per heavy atom. The first kappa shape index (κ1) is 18.3. The molecular weight excluding hydrogens is 354 g/mol. The first-order valence-corrected chi connectivity index (χ1v) is 9.87. The number of nitrogens with zero attached hydrogens (tertiary/aromatic N) is 1. The summed E-state index contributed by atoms with van der Waals surface area (Å²) < 4.78 is 11.1. The largest absolute Gasteiger partial charge is 0.486 e. The van der Waals surface area contributed by atoms with Crippen molar-refractivity contribution in [2.24, 2.45) is 0 Å². The number of carbonyl (C=O) groups is 1. The van der Waals surface area contributed by atoms with Crippen LogP contribution in [0.2, 0.25) is 0 Å². The van der Waals surface area contributed by atoms with Crippen LogP contribution in [0.4, 0.5) is 11.5 Å². The molecule has 2 N–H and O–H groups in total. The van der Waals surface area contributed by atoms with Crippen LogP contribution in [0.5, 0.6) is 11.5 Å². The number of rotatable bonds is 6. The van der Waals surface area contributed by atoms with Crippen molar-refractivity contribution in [2.75, 3.05) is 25.1 Å². The minimum absolute atomic E-state index is 0.0796. The number of anilines is 2. The predicted octanol–water partition coefficient (Wildman–Crippen LogP) is 4.22. The average Bonchev–Trinajstić information content (AvgIpc) is 2.74. The molecule has 6 nitrogen and oxygen atoms in total. The van der Waals surface area contributed by atoms with Gasteiger partial charge < -0.3 is 20.1 Å². The number of pyridine rings is 1. The van der Waals surface area contributed by atoms with E-state index in [1.165, 1.54) is 24.8 Å². The van der Waals surface area contributed by atoms with Gasteiger partial charge in [0, 0.05) is 30.1 Å². The first-order valence-electron chi connectivity index (χ1n) is 9.87. The van der Waals surface area contributed by atoms with Crippen LogP contribution in [0.3, 0.4) is 0 Å². The second kappa shape index (κ2) is 8.78. The summed E-state index contributed by atoms with van der Waals surface area (Å²) in [7, 11) is 0. The minimum atomic E-state index is -0.0796. The van der Waals surface area contributed by atoms with Gasteiger partial charge in [0.2, 0.25) is 0 Å². The molecule has 1 aromatic carbocycles. The summed E-state index contributed by atoms with van der Waals surface area (Å²) in [6.07, 6.45) is 9.76. The smallest absolute Gasteiger partial charge is 0.251 e. The lowest BCUT2D eigenvalue weighted by molar-refractivity contribution is 0.0954. The van der Waals surface area contributed by atoms with Crippen LogP contribution >= 0.6 is 0 Å². The Balaban J connectivity index is 1.35. The maximum atomic E-state index is 12.5. The maximum absolute atomic E-state index is 12.5. The van der Waals surface area contributed by atoms with Crippen molar-refractivity contribution in [2.45, 2.75) is 32.1 Å². The molecule has 1 aliphatic carbocycles. The number of amides is 1. The van der Waals surface area contributed by atoms with Crippen molar-refractivity contribution in [3.8, 4) is 11.5 Å². The van der Waals surface area contributed by atoms with Gasteiger partial charge in [-0.05, 0) is 56.4 Å². The van der Waals surface area contributed by atoms with Crippen LogP contribution in [-0.2, 0) is 0 Å². The van der Waals surface area contributed by atoms with Gasteiger partial charge in [0.25, 0.3) is 5.91 Å². The van der Waals surface area contributed by atoms with Gasteiger partial charge in [0.15, 0.2) is 11.5 Å². The van der Waals surface area contributed by atoms with E-state index in [0.29, 0.717) is 36.9 Å². The van der Waals surface area contributed by atoms with E-state index in [9.17, 15) is 4.79 Å². The number of allylic oxidation sites excluding steroid dienone is 1. The lowest BCUT2D eigenvalue weighted by atomic mass is 9.97. The van der Waals surface area contributed by atoms with E-state index in [1.807, 2.05) is 18.2 Å². The van der Waals surface area contributed by atoms with Gasteiger partial charge >= 0.3 is 0 Å². The summed E-state index contributed by atoms with van der Waals surface area (Å²) in [5.41, 5.74) is 2.88. The van der Waals surface area contributed by atoms with E-state index < -0.39 is 0 Å². The highest BCUT2D eigenvalue weighted by Crippen LogP contribution is 2.33. The molecule has 2 aliphatic rings. The molecule has 2 heterocycles. The Kier molecular flexibility index (Phi) is 5.75. The lowest BCUT2D eigenvalue weighted by Crippen LogP contribution is -2.25. The number of hydrogen-bond acceptors (Lipinski definition) is 5. The van der Waals surface area contributed by atoms with Gasteiger partial charge in [0.05, 0.1) is 0 Å². The molecular formula is C22H25N3O3. The first-order chi connectivity index (χ1) is 13.8. The molecule has 28 heavy (non-hydrogen) atoms. The molecule has 0 saturated carbocycles. The second-order valence-corrected chi connectivity index (χ2v) is 7.03. The van der Waals surface area contributed by atoms with Crippen molar-refractivity contribution in [3.63, 3.8) is 0 Å². The molecule has 0 saturated heterocycles. The third-order valence-electron chi connectivity index (χ3n) is 4.95. The number of aromatic nitrogens is 1. The highest BCUT2D eigenvalue weighted by Gasteiger charge is 2.13. The number of carbonyl (C=O) groups excluding carboxylic acids is 1. The fourth-order valence-corrected chi connectivity index (χ4v) is 3.48. The Bertz CT molecular complexity index is 879. The van der Waals surface area contributed by atoms with Gasteiger partial charge in [-0.25, -0.2) is 4.98 Å². The topological polar surface area (TPSA) is 72.5 Å². The quantitative estimate of drug-likeness (QED) is 0.736. The monoisotopic (exact) mass is 379 g/mol. The molecule has 1 amide bonds. The maximum Gasteiger partial charge on any atom is 0.251 e. The second-order valence-electron chi connectivity index (χ2n) is 7.03. The highest BCUT2D eigenvalue weighted by atomic mass is 16.6. The molecule has 2 aromatic rings. The molecule has 0 bridgehead atoms. The van der Waals surface area contributed by atoms with E-state index in [-0.39, 0.29) is 5.91 Å². The third-order valence-corrected chi connectivity index (χ3v) is 4.95. The molecule has 1 aliphatic heterocycles. The van der Waals surface area contributed by atoms with Gasteiger partial charge in [0.1, 0.15) is 19.0 Å². The molecule has 0 fully saturated rings. The van der Waals surface area contributed by atoms with Crippen molar-refractivity contribution in [1.82, 2.24) is 10.3 Å². The van der Waals surface area contributed by atoms with Gasteiger partial charge in [-0.3, -0.25) is 4.79 Å². The third kappa shape index (κ3) is 4.63. The van der Waals surface area contributed by atoms with Crippen molar-refractivity contribution in [1.29, 1.82) is 0 Å². The Hall–Kier alpha value is -3.02. The van der Waals surface area contributed by atoms with Crippen LogP contribution in [0.1, 0.15) is 42.5 Å². The lowest BCUT2D eigenvalue weighted by Gasteiger charge is -2.19. The SMILES string of the molecule is O=C(NCCC1=CCCCC1)c1ccnc(Nc2ccc3c(c2)OCCO3)c1. The molecule has 0 radical (unpaired) electrons. The van der Waals surface area contributed by atoms with E-state index in [2.05, 4.69) is 21.7 Å². The molecule has 0 unspecified atom stereocenters. The fourth-order valence-electron chi connectivity index (χ4n) is 3.48. The number of nitrogens with one attached hydrogen (secondary N) is 2. The van der Waals surface area contributed by atoms with Gasteiger partial charge in [-0.2, -0.15) is 0 Å². The Morgan fingerprint density at radius 3 is 2.82 bits per heavy atom. The molecule has 4 rings (SSSR count). The number of hydrogen-bond donors (Lipinski definition) is 2. The van der Waals surface area contributed by atoms with Gasteiger partial charge in [-0.15, -0.1) is 0 Å². The standard InChI is InChI=1S/C22H25N3O3/c26-22(24-10-8-16-4-2-1-3-5-16)17-9-11-23-21(14-17)25-18-6-7-19-20(15-18)28-13-12-27-19/h4,6-7,9,11,14-15H,1-3,5,8,10,12-13H2,(H,23,25)(H,24,26). The van der Waals surface area contributed by atoms with Crippen LogP contribution < -0.4 is 20.1 Å². The normalized spacial score (nSPS) is 15.5. The summed E-state index contributed by atoms with van der Waals surface area (Å²) in [4.78, 5) is 16.8. The van der Waals surface area contributed by atoms with Crippen LogP contribution in [-0.4, -0.2) is 30.6 Å². The number of benzene rings is 1. The summed E-state index contributed by atoms with van der Waals surface area (Å²) in [5, 5.41) is 6.23. The van der Waals surface area contributed by atoms with E-state index in [4.69, 9.17) is 9.47 Å². The summed E-state index contributed by atoms with van der Waals surface area (Å²) in [6, 6.07) is 9.13. The van der Waals surface area contributed by atoms with Crippen molar-refractivity contribution < 1.29 is 14.3 Å². The molecule has 1 aromatic heterocycles. The molecule has 0 spiro atoms. The van der Waals surface area contributed by atoms with Crippen LogP contribution in [0.15, 0.2) is 48.2 Å². The summed E-state index contributed by atoms with van der Waals surface area (Å²) in [5.74, 6) is 1.98. The van der Waals surface area contributed by atoms with E-state index in [1.54, 1.807) is 18.3 Å². The fraction of sp³-hybridized carbons (Fsp3) is 0.364.